The number of anilines is 1. The van der Waals surface area contributed by atoms with Gasteiger partial charge in [0.2, 0.25) is 0 Å². The number of hydrogen-bond acceptors (Lipinski definition) is 5. The second kappa shape index (κ2) is 8.03. The monoisotopic (exact) mass is 478 g/mol. The third-order valence-electron chi connectivity index (χ3n) is 2.77. The second-order valence-corrected chi connectivity index (χ2v) is 9.02. The van der Waals surface area contributed by atoms with Crippen molar-refractivity contribution in [3.63, 3.8) is 0 Å². The van der Waals surface area contributed by atoms with Crippen molar-refractivity contribution in [2.75, 3.05) is 4.90 Å². The highest BCUT2D eigenvalue weighted by Crippen LogP contribution is 2.34. The zero-order chi connectivity index (χ0) is 19.6. The highest BCUT2D eigenvalue weighted by molar-refractivity contribution is 9.11. The van der Waals surface area contributed by atoms with Gasteiger partial charge in [0.05, 0.1) is 4.47 Å². The second-order valence-electron chi connectivity index (χ2n) is 7.37. The van der Waals surface area contributed by atoms with E-state index in [1.165, 1.54) is 0 Å². The Morgan fingerprint density at radius 1 is 1.04 bits per heavy atom. The number of carbonyl (C=O) groups excluding carboxylic acids is 2. The Morgan fingerprint density at radius 3 is 1.84 bits per heavy atom. The first-order valence-electron chi connectivity index (χ1n) is 7.85. The van der Waals surface area contributed by atoms with Gasteiger partial charge in [-0.1, -0.05) is 6.92 Å². The summed E-state index contributed by atoms with van der Waals surface area (Å²) in [6, 6.07) is 0. The van der Waals surface area contributed by atoms with Crippen LogP contribution in [0.1, 0.15) is 54.0 Å². The largest absolute Gasteiger partial charge is 0.443 e. The van der Waals surface area contributed by atoms with Crippen LogP contribution in [0, 0.1) is 0 Å². The molecule has 1 rings (SSSR count). The molecular formula is C17H24Br2N2O4. The number of pyridine rings is 1. The molecule has 0 bridgehead atoms. The Hall–Kier alpha value is -1.15. The normalized spacial score (nSPS) is 11.9. The Bertz CT molecular complexity index is 636. The van der Waals surface area contributed by atoms with Gasteiger partial charge in [-0.2, -0.15) is 4.90 Å². The molecular weight excluding hydrogens is 456 g/mol. The van der Waals surface area contributed by atoms with Crippen LogP contribution in [0.15, 0.2) is 15.1 Å². The predicted octanol–water partition coefficient (Wildman–Crippen LogP) is 5.85. The van der Waals surface area contributed by atoms with E-state index in [1.807, 2.05) is 6.92 Å². The van der Waals surface area contributed by atoms with E-state index in [2.05, 4.69) is 36.8 Å². The summed E-state index contributed by atoms with van der Waals surface area (Å²) in [4.78, 5) is 30.3. The number of hydrogen-bond donors (Lipinski definition) is 0. The summed E-state index contributed by atoms with van der Waals surface area (Å²) in [5.41, 5.74) is -0.665. The van der Waals surface area contributed by atoms with Gasteiger partial charge in [-0.3, -0.25) is 0 Å². The van der Waals surface area contributed by atoms with Gasteiger partial charge < -0.3 is 9.47 Å². The third-order valence-corrected chi connectivity index (χ3v) is 4.28. The van der Waals surface area contributed by atoms with E-state index in [0.717, 1.165) is 14.9 Å². The lowest BCUT2D eigenvalue weighted by molar-refractivity contribution is 0.0428. The molecule has 6 nitrogen and oxygen atoms in total. The van der Waals surface area contributed by atoms with E-state index < -0.39 is 23.4 Å². The van der Waals surface area contributed by atoms with Crippen LogP contribution in [0.5, 0.6) is 0 Å². The van der Waals surface area contributed by atoms with Crippen molar-refractivity contribution < 1.29 is 19.1 Å². The van der Waals surface area contributed by atoms with Crippen LogP contribution in [-0.4, -0.2) is 28.4 Å². The van der Waals surface area contributed by atoms with E-state index in [0.29, 0.717) is 10.9 Å². The van der Waals surface area contributed by atoms with Crippen LogP contribution in [0.4, 0.5) is 15.4 Å². The van der Waals surface area contributed by atoms with Crippen LogP contribution in [-0.2, 0) is 15.9 Å². The molecule has 1 aromatic heterocycles. The minimum Gasteiger partial charge on any atom is -0.443 e. The van der Waals surface area contributed by atoms with Crippen molar-refractivity contribution in [2.24, 2.45) is 0 Å². The van der Waals surface area contributed by atoms with Crippen molar-refractivity contribution in [1.29, 1.82) is 0 Å². The molecule has 0 saturated carbocycles. The first-order chi connectivity index (χ1) is 11.3. The third kappa shape index (κ3) is 6.26. The number of amides is 2. The molecule has 25 heavy (non-hydrogen) atoms. The van der Waals surface area contributed by atoms with E-state index in [1.54, 1.807) is 47.7 Å². The molecule has 0 aliphatic heterocycles. The highest BCUT2D eigenvalue weighted by Gasteiger charge is 2.35. The number of nitrogens with zero attached hydrogens (tertiary/aromatic N) is 2. The van der Waals surface area contributed by atoms with Gasteiger partial charge in [0.25, 0.3) is 0 Å². The molecule has 0 aromatic carbocycles. The lowest BCUT2D eigenvalue weighted by Crippen LogP contribution is -2.44. The fraction of sp³-hybridized carbons (Fsp3) is 0.588. The van der Waals surface area contributed by atoms with Crippen LogP contribution in [0.2, 0.25) is 0 Å². The average Bonchev–Trinajstić information content (AvgIpc) is 2.38. The maximum Gasteiger partial charge on any atom is 0.425 e. The number of rotatable bonds is 2. The maximum absolute atomic E-state index is 12.7. The van der Waals surface area contributed by atoms with Crippen LogP contribution in [0.3, 0.4) is 0 Å². The minimum atomic E-state index is -0.848. The van der Waals surface area contributed by atoms with E-state index >= 15 is 0 Å². The summed E-state index contributed by atoms with van der Waals surface area (Å²) in [6.45, 7) is 12.3. The lowest BCUT2D eigenvalue weighted by atomic mass is 10.2. The SMILES string of the molecule is CCc1c(Br)cnc(N(C(=O)OC(C)(C)C)C(=O)OC(C)(C)C)c1Br. The van der Waals surface area contributed by atoms with Gasteiger partial charge in [0.1, 0.15) is 11.2 Å². The molecule has 0 spiro atoms. The van der Waals surface area contributed by atoms with Crippen molar-refractivity contribution in [2.45, 2.75) is 66.1 Å². The molecule has 8 heteroatoms. The van der Waals surface area contributed by atoms with Crippen molar-refractivity contribution >= 4 is 49.9 Å². The molecule has 0 atom stereocenters. The van der Waals surface area contributed by atoms with Crippen molar-refractivity contribution in [1.82, 2.24) is 4.98 Å². The molecule has 1 heterocycles. The molecule has 0 saturated heterocycles. The summed E-state index contributed by atoms with van der Waals surface area (Å²) in [5, 5.41) is 0. The predicted molar refractivity (Wildman–Crippen MR) is 104 cm³/mol. The van der Waals surface area contributed by atoms with Crippen LogP contribution < -0.4 is 4.90 Å². The molecule has 2 amide bonds. The zero-order valence-corrected chi connectivity index (χ0v) is 18.7. The van der Waals surface area contributed by atoms with Gasteiger partial charge in [0.15, 0.2) is 5.82 Å². The molecule has 0 fully saturated rings. The fourth-order valence-corrected chi connectivity index (χ4v) is 3.46. The minimum absolute atomic E-state index is 0.128. The molecule has 0 aliphatic rings. The molecule has 0 N–H and O–H groups in total. The summed E-state index contributed by atoms with van der Waals surface area (Å²) >= 11 is 6.86. The summed E-state index contributed by atoms with van der Waals surface area (Å²) in [6.07, 6.45) is 0.520. The maximum atomic E-state index is 12.7. The van der Waals surface area contributed by atoms with Gasteiger partial charge in [-0.05, 0) is 85.4 Å². The summed E-state index contributed by atoms with van der Waals surface area (Å²) < 4.78 is 12.0. The Morgan fingerprint density at radius 2 is 1.48 bits per heavy atom. The summed E-state index contributed by atoms with van der Waals surface area (Å²) in [7, 11) is 0. The van der Waals surface area contributed by atoms with E-state index in [4.69, 9.17) is 9.47 Å². The van der Waals surface area contributed by atoms with Gasteiger partial charge in [-0.15, -0.1) is 0 Å². The standard InChI is InChI=1S/C17H24Br2N2O4/c1-8-10-11(18)9-20-13(12(10)19)21(14(22)24-16(2,3)4)15(23)25-17(5,6)7/h9H,8H2,1-7H3. The molecule has 0 aliphatic carbocycles. The van der Waals surface area contributed by atoms with Crippen molar-refractivity contribution in [3.8, 4) is 0 Å². The quantitative estimate of drug-likeness (QED) is 0.532. The Kier molecular flexibility index (Phi) is 7.03. The zero-order valence-electron chi connectivity index (χ0n) is 15.6. The summed E-state index contributed by atoms with van der Waals surface area (Å²) in [5.74, 6) is 0.128. The van der Waals surface area contributed by atoms with Gasteiger partial charge in [-0.25, -0.2) is 14.6 Å². The number of ether oxygens (including phenoxy) is 2. The first kappa shape index (κ1) is 21.9. The topological polar surface area (TPSA) is 68.7 Å². The number of halogens is 2. The van der Waals surface area contributed by atoms with Crippen molar-refractivity contribution in [3.05, 3.63) is 20.7 Å². The molecule has 1 aromatic rings. The van der Waals surface area contributed by atoms with Crippen LogP contribution >= 0.6 is 31.9 Å². The first-order valence-corrected chi connectivity index (χ1v) is 9.44. The fourth-order valence-electron chi connectivity index (χ4n) is 1.83. The average molecular weight is 480 g/mol. The van der Waals surface area contributed by atoms with Gasteiger partial charge >= 0.3 is 12.2 Å². The van der Waals surface area contributed by atoms with Gasteiger partial charge in [0, 0.05) is 10.7 Å². The molecule has 0 unspecified atom stereocenters. The Labute approximate surface area is 165 Å². The van der Waals surface area contributed by atoms with Crippen LogP contribution in [0.25, 0.3) is 0 Å². The van der Waals surface area contributed by atoms with E-state index in [9.17, 15) is 9.59 Å². The smallest absolute Gasteiger partial charge is 0.425 e. The highest BCUT2D eigenvalue weighted by atomic mass is 79.9. The number of imide groups is 1. The number of carbonyl (C=O) groups is 2. The lowest BCUT2D eigenvalue weighted by Gasteiger charge is -2.28. The molecule has 140 valence electrons. The van der Waals surface area contributed by atoms with E-state index in [-0.39, 0.29) is 5.82 Å². The Balaban J connectivity index is 3.42. The molecule has 0 radical (unpaired) electrons. The number of aromatic nitrogens is 1.